The van der Waals surface area contributed by atoms with E-state index in [-0.39, 0.29) is 29.6 Å². The van der Waals surface area contributed by atoms with Crippen molar-refractivity contribution in [2.75, 3.05) is 6.54 Å². The molecule has 1 atom stereocenters. The van der Waals surface area contributed by atoms with Gasteiger partial charge in [-0.15, -0.1) is 0 Å². The third kappa shape index (κ3) is 5.38. The minimum Gasteiger partial charge on any atom is -0.354 e. The van der Waals surface area contributed by atoms with Crippen molar-refractivity contribution in [1.29, 1.82) is 0 Å². The molecule has 3 aromatic carbocycles. The highest BCUT2D eigenvalue weighted by molar-refractivity contribution is 9.11. The zero-order valence-electron chi connectivity index (χ0n) is 19.3. The molecule has 1 heterocycles. The topological polar surface area (TPSA) is 66.5 Å². The van der Waals surface area contributed by atoms with Crippen molar-refractivity contribution >= 4 is 47.8 Å². The molecule has 1 amide bonds. The molecule has 0 saturated carbocycles. The van der Waals surface area contributed by atoms with Crippen LogP contribution in [0.5, 0.6) is 0 Å². The molecule has 1 unspecified atom stereocenters. The number of fused-ring (bicyclic) bond motifs is 1. The van der Waals surface area contributed by atoms with Gasteiger partial charge in [0.1, 0.15) is 11.9 Å². The lowest BCUT2D eigenvalue weighted by molar-refractivity contribution is -0.125. The Hall–Kier alpha value is -2.07. The quantitative estimate of drug-likeness (QED) is 0.398. The van der Waals surface area contributed by atoms with Crippen LogP contribution in [0.1, 0.15) is 27.8 Å². The number of nitrogens with zero attached hydrogens (tertiary/aromatic N) is 1. The molecule has 35 heavy (non-hydrogen) atoms. The fraction of sp³-hybridized carbons (Fsp3) is 0.269. The molecule has 4 rings (SSSR count). The first kappa shape index (κ1) is 26.0. The number of halogens is 3. The molecule has 0 fully saturated rings. The Kier molecular flexibility index (Phi) is 7.80. The first-order chi connectivity index (χ1) is 16.6. The summed E-state index contributed by atoms with van der Waals surface area (Å²) in [7, 11) is -4.02. The summed E-state index contributed by atoms with van der Waals surface area (Å²) in [5.41, 5.74) is 3.92. The number of carbonyl (C=O) groups excluding carboxylic acids is 1. The Labute approximate surface area is 222 Å². The highest BCUT2D eigenvalue weighted by Crippen LogP contribution is 2.37. The average molecular weight is 624 g/mol. The highest BCUT2D eigenvalue weighted by atomic mass is 79.9. The summed E-state index contributed by atoms with van der Waals surface area (Å²) in [6.45, 7) is 3.94. The van der Waals surface area contributed by atoms with E-state index in [1.165, 1.54) is 16.4 Å². The third-order valence-electron chi connectivity index (χ3n) is 6.35. The van der Waals surface area contributed by atoms with Crippen LogP contribution in [-0.4, -0.2) is 31.2 Å². The molecular formula is C26H25Br2FN2O3S. The third-order valence-corrected chi connectivity index (χ3v) is 10.1. The predicted molar refractivity (Wildman–Crippen MR) is 141 cm³/mol. The van der Waals surface area contributed by atoms with Gasteiger partial charge in [0.2, 0.25) is 15.9 Å². The number of carbonyl (C=O) groups is 1. The maximum Gasteiger partial charge on any atom is 0.244 e. The maximum absolute atomic E-state index is 14.1. The van der Waals surface area contributed by atoms with E-state index in [1.54, 1.807) is 26.0 Å². The average Bonchev–Trinajstić information content (AvgIpc) is 2.83. The van der Waals surface area contributed by atoms with E-state index in [0.717, 1.165) is 16.7 Å². The Balaban J connectivity index is 1.66. The summed E-state index contributed by atoms with van der Waals surface area (Å²) in [5, 5.41) is 2.89. The Morgan fingerprint density at radius 1 is 1.03 bits per heavy atom. The lowest BCUT2D eigenvalue weighted by Crippen LogP contribution is -2.52. The molecule has 5 nitrogen and oxygen atoms in total. The van der Waals surface area contributed by atoms with Crippen molar-refractivity contribution in [3.8, 4) is 0 Å². The van der Waals surface area contributed by atoms with Gasteiger partial charge in [0.25, 0.3) is 0 Å². The second-order valence-electron chi connectivity index (χ2n) is 8.63. The van der Waals surface area contributed by atoms with Crippen LogP contribution in [0.3, 0.4) is 0 Å². The zero-order valence-corrected chi connectivity index (χ0v) is 23.3. The van der Waals surface area contributed by atoms with Crippen molar-refractivity contribution in [3.63, 3.8) is 0 Å². The molecule has 9 heteroatoms. The Bertz CT molecular complexity index is 1350. The molecule has 1 aliphatic heterocycles. The van der Waals surface area contributed by atoms with Crippen LogP contribution in [0, 0.1) is 19.7 Å². The van der Waals surface area contributed by atoms with Gasteiger partial charge in [-0.2, -0.15) is 4.31 Å². The highest BCUT2D eigenvalue weighted by Gasteiger charge is 2.41. The van der Waals surface area contributed by atoms with Gasteiger partial charge < -0.3 is 5.32 Å². The fourth-order valence-corrected chi connectivity index (χ4v) is 7.87. The molecule has 1 N–H and O–H groups in total. The summed E-state index contributed by atoms with van der Waals surface area (Å²) in [4.78, 5) is 13.5. The van der Waals surface area contributed by atoms with Gasteiger partial charge in [-0.25, -0.2) is 12.8 Å². The molecule has 184 valence electrons. The van der Waals surface area contributed by atoms with Crippen LogP contribution in [0.15, 0.2) is 68.4 Å². The zero-order chi connectivity index (χ0) is 25.3. The summed E-state index contributed by atoms with van der Waals surface area (Å²) >= 11 is 6.92. The van der Waals surface area contributed by atoms with Gasteiger partial charge >= 0.3 is 0 Å². The van der Waals surface area contributed by atoms with Crippen molar-refractivity contribution in [2.45, 2.75) is 44.2 Å². The second kappa shape index (κ2) is 10.5. The van der Waals surface area contributed by atoms with E-state index >= 15 is 0 Å². The van der Waals surface area contributed by atoms with Crippen LogP contribution in [0.25, 0.3) is 0 Å². The molecule has 0 spiro atoms. The van der Waals surface area contributed by atoms with Crippen LogP contribution in [0.4, 0.5) is 4.39 Å². The molecule has 3 aromatic rings. The number of rotatable bonds is 6. The Morgan fingerprint density at radius 2 is 1.63 bits per heavy atom. The van der Waals surface area contributed by atoms with E-state index in [1.807, 2.05) is 30.3 Å². The van der Waals surface area contributed by atoms with Crippen LogP contribution < -0.4 is 5.32 Å². The van der Waals surface area contributed by atoms with Crippen molar-refractivity contribution in [3.05, 3.63) is 97.2 Å². The summed E-state index contributed by atoms with van der Waals surface area (Å²) in [6.07, 6.45) is 0.796. The summed E-state index contributed by atoms with van der Waals surface area (Å²) < 4.78 is 43.9. The van der Waals surface area contributed by atoms with E-state index in [0.29, 0.717) is 33.0 Å². The SMILES string of the molecule is Cc1c(Br)cc(Br)c(C)c1S(=O)(=O)N1Cc2ccccc2CC1C(=O)NCCc1ccc(F)cc1. The number of nitrogens with one attached hydrogen (secondary N) is 1. The van der Waals surface area contributed by atoms with Crippen LogP contribution >= 0.6 is 31.9 Å². The molecule has 0 bridgehead atoms. The first-order valence-electron chi connectivity index (χ1n) is 11.2. The number of amides is 1. The van der Waals surface area contributed by atoms with Gasteiger partial charge in [-0.3, -0.25) is 4.79 Å². The van der Waals surface area contributed by atoms with Crippen molar-refractivity contribution in [1.82, 2.24) is 9.62 Å². The molecular weight excluding hydrogens is 599 g/mol. The smallest absolute Gasteiger partial charge is 0.244 e. The first-order valence-corrected chi connectivity index (χ1v) is 14.2. The van der Waals surface area contributed by atoms with Crippen molar-refractivity contribution < 1.29 is 17.6 Å². The monoisotopic (exact) mass is 622 g/mol. The molecule has 0 aromatic heterocycles. The summed E-state index contributed by atoms with van der Waals surface area (Å²) in [5.74, 6) is -0.668. The number of sulfonamides is 1. The largest absolute Gasteiger partial charge is 0.354 e. The van der Waals surface area contributed by atoms with E-state index in [2.05, 4.69) is 37.2 Å². The lowest BCUT2D eigenvalue weighted by atomic mass is 9.95. The van der Waals surface area contributed by atoms with Crippen LogP contribution in [0.2, 0.25) is 0 Å². The number of hydrogen-bond donors (Lipinski definition) is 1. The maximum atomic E-state index is 14.1. The van der Waals surface area contributed by atoms with Gasteiger partial charge in [-0.05, 0) is 72.7 Å². The van der Waals surface area contributed by atoms with Gasteiger partial charge in [0, 0.05) is 22.0 Å². The molecule has 0 saturated heterocycles. The number of benzene rings is 3. The van der Waals surface area contributed by atoms with Crippen LogP contribution in [-0.2, 0) is 34.2 Å². The minimum atomic E-state index is -4.02. The lowest BCUT2D eigenvalue weighted by Gasteiger charge is -2.36. The molecule has 0 aliphatic carbocycles. The van der Waals surface area contributed by atoms with Crippen molar-refractivity contribution in [2.24, 2.45) is 0 Å². The fourth-order valence-electron chi connectivity index (χ4n) is 4.40. The normalized spacial score (nSPS) is 16.1. The summed E-state index contributed by atoms with van der Waals surface area (Å²) in [6, 6.07) is 14.6. The van der Waals surface area contributed by atoms with E-state index < -0.39 is 16.1 Å². The molecule has 1 aliphatic rings. The van der Waals surface area contributed by atoms with Gasteiger partial charge in [0.05, 0.1) is 4.90 Å². The Morgan fingerprint density at radius 3 is 2.26 bits per heavy atom. The van der Waals surface area contributed by atoms with Gasteiger partial charge in [0.15, 0.2) is 0 Å². The minimum absolute atomic E-state index is 0.109. The standard InChI is InChI=1S/C26H25Br2FN2O3S/c1-16-22(27)14-23(28)17(2)25(16)35(33,34)31-15-20-6-4-3-5-19(20)13-24(31)26(32)30-12-11-18-7-9-21(29)10-8-18/h3-10,14,24H,11-13,15H2,1-2H3,(H,30,32). The predicted octanol–water partition coefficient (Wildman–Crippen LogP) is 5.44. The van der Waals surface area contributed by atoms with E-state index in [4.69, 9.17) is 0 Å². The van der Waals surface area contributed by atoms with E-state index in [9.17, 15) is 17.6 Å². The molecule has 0 radical (unpaired) electrons. The second-order valence-corrected chi connectivity index (χ2v) is 12.2. The van der Waals surface area contributed by atoms with Gasteiger partial charge in [-0.1, -0.05) is 68.3 Å². The number of hydrogen-bond acceptors (Lipinski definition) is 3.